The van der Waals surface area contributed by atoms with E-state index in [1.54, 1.807) is 24.3 Å². The van der Waals surface area contributed by atoms with Crippen molar-refractivity contribution in [1.29, 1.82) is 0 Å². The van der Waals surface area contributed by atoms with E-state index in [1.165, 1.54) is 6.92 Å². The van der Waals surface area contributed by atoms with E-state index in [9.17, 15) is 14.7 Å². The number of hydrogen-bond acceptors (Lipinski definition) is 4. The van der Waals surface area contributed by atoms with Gasteiger partial charge in [0.1, 0.15) is 18.5 Å². The van der Waals surface area contributed by atoms with Gasteiger partial charge in [0.05, 0.1) is 0 Å². The SMILES string of the molecule is CC(=O)NC(C(=O)O)C(O)c1ccc(OCc2ccccc2)cc1. The Kier molecular flexibility index (Phi) is 5.92. The van der Waals surface area contributed by atoms with Crippen LogP contribution in [0.1, 0.15) is 24.2 Å². The minimum absolute atomic E-state index is 0.378. The number of carbonyl (C=O) groups is 2. The number of aliphatic hydroxyl groups is 1. The fourth-order valence-corrected chi connectivity index (χ4v) is 2.19. The molecule has 0 fully saturated rings. The van der Waals surface area contributed by atoms with E-state index < -0.39 is 24.0 Å². The van der Waals surface area contributed by atoms with Crippen LogP contribution < -0.4 is 10.1 Å². The van der Waals surface area contributed by atoms with Crippen molar-refractivity contribution in [3.05, 3.63) is 65.7 Å². The second-order valence-corrected chi connectivity index (χ2v) is 5.30. The molecule has 0 spiro atoms. The lowest BCUT2D eigenvalue weighted by Crippen LogP contribution is -2.44. The number of aliphatic hydroxyl groups excluding tert-OH is 1. The molecule has 2 atom stereocenters. The van der Waals surface area contributed by atoms with E-state index in [0.29, 0.717) is 17.9 Å². The maximum atomic E-state index is 11.2. The summed E-state index contributed by atoms with van der Waals surface area (Å²) in [5.74, 6) is -1.23. The Labute approximate surface area is 139 Å². The maximum Gasteiger partial charge on any atom is 0.329 e. The predicted octanol–water partition coefficient (Wildman–Crippen LogP) is 1.89. The number of aliphatic carboxylic acids is 1. The Morgan fingerprint density at radius 3 is 2.25 bits per heavy atom. The quantitative estimate of drug-likeness (QED) is 0.721. The van der Waals surface area contributed by atoms with Gasteiger partial charge in [0.15, 0.2) is 6.04 Å². The number of carboxylic acid groups (broad SMARTS) is 1. The zero-order valence-electron chi connectivity index (χ0n) is 13.2. The third-order valence-corrected chi connectivity index (χ3v) is 3.41. The van der Waals surface area contributed by atoms with Crippen LogP contribution in [-0.2, 0) is 16.2 Å². The highest BCUT2D eigenvalue weighted by atomic mass is 16.5. The Morgan fingerprint density at radius 1 is 1.08 bits per heavy atom. The molecule has 0 saturated heterocycles. The van der Waals surface area contributed by atoms with Crippen molar-refractivity contribution >= 4 is 11.9 Å². The number of benzene rings is 2. The van der Waals surface area contributed by atoms with Gasteiger partial charge >= 0.3 is 5.97 Å². The van der Waals surface area contributed by atoms with Crippen LogP contribution in [0.4, 0.5) is 0 Å². The Bertz CT molecular complexity index is 684. The van der Waals surface area contributed by atoms with Gasteiger partial charge in [0, 0.05) is 6.92 Å². The van der Waals surface area contributed by atoms with E-state index >= 15 is 0 Å². The Hall–Kier alpha value is -2.86. The van der Waals surface area contributed by atoms with E-state index in [4.69, 9.17) is 9.84 Å². The Balaban J connectivity index is 2.02. The van der Waals surface area contributed by atoms with Crippen LogP contribution in [0, 0.1) is 0 Å². The summed E-state index contributed by atoms with van der Waals surface area (Å²) in [7, 11) is 0. The second-order valence-electron chi connectivity index (χ2n) is 5.30. The number of nitrogens with one attached hydrogen (secondary N) is 1. The topological polar surface area (TPSA) is 95.9 Å². The molecule has 0 bridgehead atoms. The number of rotatable bonds is 7. The fraction of sp³-hybridized carbons (Fsp3) is 0.222. The van der Waals surface area contributed by atoms with Crippen molar-refractivity contribution in [2.45, 2.75) is 25.7 Å². The number of ether oxygens (including phenoxy) is 1. The van der Waals surface area contributed by atoms with Gasteiger partial charge in [-0.05, 0) is 23.3 Å². The van der Waals surface area contributed by atoms with Crippen LogP contribution in [-0.4, -0.2) is 28.1 Å². The van der Waals surface area contributed by atoms with Crippen LogP contribution in [0.15, 0.2) is 54.6 Å². The molecule has 2 aromatic carbocycles. The molecule has 1 amide bonds. The van der Waals surface area contributed by atoms with E-state index in [1.807, 2.05) is 30.3 Å². The van der Waals surface area contributed by atoms with E-state index in [0.717, 1.165) is 5.56 Å². The van der Waals surface area contributed by atoms with Crippen molar-refractivity contribution in [2.75, 3.05) is 0 Å². The molecule has 2 aromatic rings. The summed E-state index contributed by atoms with van der Waals surface area (Å²) in [6, 6.07) is 14.7. The number of hydrogen-bond donors (Lipinski definition) is 3. The molecule has 2 rings (SSSR count). The standard InChI is InChI=1S/C18H19NO5/c1-12(20)19-16(18(22)23)17(21)14-7-9-15(10-8-14)24-11-13-5-3-2-4-6-13/h2-10,16-17,21H,11H2,1H3,(H,19,20)(H,22,23). The molecule has 0 aliphatic carbocycles. The highest BCUT2D eigenvalue weighted by molar-refractivity contribution is 5.82. The smallest absolute Gasteiger partial charge is 0.329 e. The summed E-state index contributed by atoms with van der Waals surface area (Å²) in [6.45, 7) is 1.61. The summed E-state index contributed by atoms with van der Waals surface area (Å²) in [6.07, 6.45) is -1.35. The lowest BCUT2D eigenvalue weighted by Gasteiger charge is -2.20. The molecule has 6 nitrogen and oxygen atoms in total. The summed E-state index contributed by atoms with van der Waals surface area (Å²) in [5, 5.41) is 21.5. The van der Waals surface area contributed by atoms with Gasteiger partial charge in [-0.15, -0.1) is 0 Å². The summed E-state index contributed by atoms with van der Waals surface area (Å²) in [4.78, 5) is 22.2. The zero-order valence-corrected chi connectivity index (χ0v) is 13.2. The number of carboxylic acids is 1. The van der Waals surface area contributed by atoms with Crippen molar-refractivity contribution in [3.63, 3.8) is 0 Å². The van der Waals surface area contributed by atoms with Gasteiger partial charge in [-0.25, -0.2) is 4.79 Å². The molecule has 0 radical (unpaired) electrons. The first-order valence-corrected chi connectivity index (χ1v) is 7.42. The largest absolute Gasteiger partial charge is 0.489 e. The molecule has 3 N–H and O–H groups in total. The monoisotopic (exact) mass is 329 g/mol. The molecule has 0 heterocycles. The van der Waals surface area contributed by atoms with E-state index in [-0.39, 0.29) is 0 Å². The normalized spacial score (nSPS) is 12.9. The van der Waals surface area contributed by atoms with Crippen LogP contribution in [0.3, 0.4) is 0 Å². The third-order valence-electron chi connectivity index (χ3n) is 3.41. The van der Waals surface area contributed by atoms with Crippen LogP contribution in [0.2, 0.25) is 0 Å². The van der Waals surface area contributed by atoms with Crippen LogP contribution in [0.5, 0.6) is 5.75 Å². The highest BCUT2D eigenvalue weighted by Gasteiger charge is 2.28. The predicted molar refractivity (Wildman–Crippen MR) is 87.4 cm³/mol. The lowest BCUT2D eigenvalue weighted by atomic mass is 10.0. The molecule has 0 saturated carbocycles. The fourth-order valence-electron chi connectivity index (χ4n) is 2.19. The van der Waals surface area contributed by atoms with E-state index in [2.05, 4.69) is 5.32 Å². The third kappa shape index (κ3) is 4.82. The molecule has 0 aliphatic heterocycles. The summed E-state index contributed by atoms with van der Waals surface area (Å²) < 4.78 is 5.63. The molecule has 2 unspecified atom stereocenters. The molecule has 126 valence electrons. The lowest BCUT2D eigenvalue weighted by molar-refractivity contribution is -0.145. The first kappa shape index (κ1) is 17.5. The van der Waals surface area contributed by atoms with Crippen molar-refractivity contribution < 1.29 is 24.5 Å². The highest BCUT2D eigenvalue weighted by Crippen LogP contribution is 2.21. The van der Waals surface area contributed by atoms with Crippen LogP contribution in [0.25, 0.3) is 0 Å². The summed E-state index contributed by atoms with van der Waals surface area (Å²) in [5.41, 5.74) is 1.40. The second kappa shape index (κ2) is 8.12. The van der Waals surface area contributed by atoms with Gasteiger partial charge in [-0.1, -0.05) is 42.5 Å². The molecule has 0 aromatic heterocycles. The van der Waals surface area contributed by atoms with Gasteiger partial charge < -0.3 is 20.3 Å². The van der Waals surface area contributed by atoms with Crippen molar-refractivity contribution in [3.8, 4) is 5.75 Å². The zero-order chi connectivity index (χ0) is 17.5. The van der Waals surface area contributed by atoms with Crippen LogP contribution >= 0.6 is 0 Å². The first-order chi connectivity index (χ1) is 11.5. The Morgan fingerprint density at radius 2 is 1.71 bits per heavy atom. The number of carbonyl (C=O) groups excluding carboxylic acids is 1. The first-order valence-electron chi connectivity index (χ1n) is 7.42. The molecule has 0 aliphatic rings. The molecule has 6 heteroatoms. The van der Waals surface area contributed by atoms with Crippen molar-refractivity contribution in [1.82, 2.24) is 5.32 Å². The minimum Gasteiger partial charge on any atom is -0.489 e. The van der Waals surface area contributed by atoms with Crippen molar-refractivity contribution in [2.24, 2.45) is 0 Å². The molecular weight excluding hydrogens is 310 g/mol. The molecule has 24 heavy (non-hydrogen) atoms. The molecular formula is C18H19NO5. The summed E-state index contributed by atoms with van der Waals surface area (Å²) >= 11 is 0. The van der Waals surface area contributed by atoms with Gasteiger partial charge in [0.25, 0.3) is 0 Å². The maximum absolute atomic E-state index is 11.2. The van der Waals surface area contributed by atoms with Gasteiger partial charge in [0.2, 0.25) is 5.91 Å². The minimum atomic E-state index is -1.40. The number of amides is 1. The van der Waals surface area contributed by atoms with Gasteiger partial charge in [-0.2, -0.15) is 0 Å². The average molecular weight is 329 g/mol. The average Bonchev–Trinajstić information content (AvgIpc) is 2.58. The van der Waals surface area contributed by atoms with Gasteiger partial charge in [-0.3, -0.25) is 4.79 Å².